The summed E-state index contributed by atoms with van der Waals surface area (Å²) in [6.07, 6.45) is 4.37. The van der Waals surface area contributed by atoms with Crippen LogP contribution in [0, 0.1) is 10.1 Å². The first kappa shape index (κ1) is 17.4. The molecule has 4 rings (SSSR count). The zero-order valence-corrected chi connectivity index (χ0v) is 14.9. The standard InChI is InChI=1S/C19H16N6O3/c1-23-12-17(25(27)28)18(22-23)19(26)21-15-9-20-24(11-15)10-14-7-4-6-13-5-2-3-8-16(13)14/h2-9,11-12H,10H2,1H3,(H,21,26). The Bertz CT molecular complexity index is 1190. The number of aryl methyl sites for hydroxylation is 1. The van der Waals surface area contributed by atoms with Crippen molar-refractivity contribution in [2.45, 2.75) is 6.54 Å². The third kappa shape index (κ3) is 3.32. The van der Waals surface area contributed by atoms with Gasteiger partial charge in [-0.1, -0.05) is 42.5 Å². The van der Waals surface area contributed by atoms with Gasteiger partial charge in [-0.15, -0.1) is 0 Å². The van der Waals surface area contributed by atoms with Gasteiger partial charge in [0.1, 0.15) is 6.20 Å². The van der Waals surface area contributed by atoms with Crippen molar-refractivity contribution >= 4 is 28.1 Å². The van der Waals surface area contributed by atoms with E-state index in [1.165, 1.54) is 24.1 Å². The van der Waals surface area contributed by atoms with Crippen LogP contribution >= 0.6 is 0 Å². The number of carbonyl (C=O) groups is 1. The van der Waals surface area contributed by atoms with Crippen molar-refractivity contribution in [1.29, 1.82) is 0 Å². The number of carbonyl (C=O) groups excluding carboxylic acids is 1. The number of nitrogens with zero attached hydrogens (tertiary/aromatic N) is 5. The molecule has 9 nitrogen and oxygen atoms in total. The van der Waals surface area contributed by atoms with E-state index < -0.39 is 10.8 Å². The molecule has 0 atom stereocenters. The minimum absolute atomic E-state index is 0.241. The predicted molar refractivity (Wildman–Crippen MR) is 103 cm³/mol. The predicted octanol–water partition coefficient (Wildman–Crippen LogP) is 2.98. The smallest absolute Gasteiger partial charge is 0.318 e. The normalized spacial score (nSPS) is 10.9. The maximum absolute atomic E-state index is 12.4. The second-order valence-corrected chi connectivity index (χ2v) is 6.31. The van der Waals surface area contributed by atoms with Gasteiger partial charge in [0.25, 0.3) is 5.91 Å². The Hall–Kier alpha value is -4.01. The van der Waals surface area contributed by atoms with Crippen LogP contribution in [0.5, 0.6) is 0 Å². The van der Waals surface area contributed by atoms with E-state index in [2.05, 4.69) is 21.6 Å². The van der Waals surface area contributed by atoms with Crippen molar-refractivity contribution in [3.8, 4) is 0 Å². The fourth-order valence-corrected chi connectivity index (χ4v) is 3.08. The first-order chi connectivity index (χ1) is 13.5. The van der Waals surface area contributed by atoms with Crippen molar-refractivity contribution in [3.63, 3.8) is 0 Å². The molecule has 28 heavy (non-hydrogen) atoms. The number of rotatable bonds is 5. The van der Waals surface area contributed by atoms with Gasteiger partial charge in [0, 0.05) is 13.2 Å². The number of nitro groups is 1. The monoisotopic (exact) mass is 376 g/mol. The molecule has 0 spiro atoms. The first-order valence-corrected chi connectivity index (χ1v) is 8.50. The molecule has 0 fully saturated rings. The van der Waals surface area contributed by atoms with Crippen LogP contribution in [0.25, 0.3) is 10.8 Å². The van der Waals surface area contributed by atoms with Gasteiger partial charge < -0.3 is 5.32 Å². The van der Waals surface area contributed by atoms with Gasteiger partial charge in [0.05, 0.1) is 23.4 Å². The molecule has 0 aliphatic carbocycles. The van der Waals surface area contributed by atoms with E-state index in [0.29, 0.717) is 12.2 Å². The summed E-state index contributed by atoms with van der Waals surface area (Å²) < 4.78 is 2.93. The fourth-order valence-electron chi connectivity index (χ4n) is 3.08. The molecule has 1 N–H and O–H groups in total. The van der Waals surface area contributed by atoms with Crippen LogP contribution in [-0.2, 0) is 13.6 Å². The Balaban J connectivity index is 1.53. The van der Waals surface area contributed by atoms with Gasteiger partial charge >= 0.3 is 5.69 Å². The molecular formula is C19H16N6O3. The van der Waals surface area contributed by atoms with Crippen LogP contribution in [0.2, 0.25) is 0 Å². The number of nitrogens with one attached hydrogen (secondary N) is 1. The van der Waals surface area contributed by atoms with Crippen LogP contribution in [0.3, 0.4) is 0 Å². The lowest BCUT2D eigenvalue weighted by molar-refractivity contribution is -0.385. The molecule has 0 saturated carbocycles. The van der Waals surface area contributed by atoms with Crippen molar-refractivity contribution < 1.29 is 9.72 Å². The van der Waals surface area contributed by atoms with Crippen LogP contribution in [0.4, 0.5) is 11.4 Å². The maximum atomic E-state index is 12.4. The summed E-state index contributed by atoms with van der Waals surface area (Å²) in [5.74, 6) is -0.656. The summed E-state index contributed by atoms with van der Waals surface area (Å²) >= 11 is 0. The summed E-state index contributed by atoms with van der Waals surface area (Å²) in [6.45, 7) is 0.529. The van der Waals surface area contributed by atoms with Crippen LogP contribution in [0.1, 0.15) is 16.1 Å². The van der Waals surface area contributed by atoms with Crippen LogP contribution in [0.15, 0.2) is 61.1 Å². The highest BCUT2D eigenvalue weighted by molar-refractivity contribution is 6.05. The molecule has 2 aromatic carbocycles. The lowest BCUT2D eigenvalue weighted by Gasteiger charge is -2.06. The molecule has 0 unspecified atom stereocenters. The highest BCUT2D eigenvalue weighted by atomic mass is 16.6. The highest BCUT2D eigenvalue weighted by Gasteiger charge is 2.25. The number of hydrogen-bond acceptors (Lipinski definition) is 5. The zero-order valence-electron chi connectivity index (χ0n) is 14.9. The Labute approximate surface area is 159 Å². The molecule has 0 bridgehead atoms. The summed E-state index contributed by atoms with van der Waals surface area (Å²) in [7, 11) is 1.52. The average molecular weight is 376 g/mol. The molecule has 0 radical (unpaired) electrons. The summed E-state index contributed by atoms with van der Waals surface area (Å²) in [6, 6.07) is 14.1. The average Bonchev–Trinajstić information content (AvgIpc) is 3.28. The molecule has 0 aliphatic heterocycles. The van der Waals surface area contributed by atoms with Gasteiger partial charge in [-0.2, -0.15) is 10.2 Å². The Morgan fingerprint density at radius 1 is 1.18 bits per heavy atom. The molecule has 4 aromatic rings. The van der Waals surface area contributed by atoms with Crippen molar-refractivity contribution in [3.05, 3.63) is 82.4 Å². The van der Waals surface area contributed by atoms with E-state index >= 15 is 0 Å². The second kappa shape index (κ2) is 6.95. The van der Waals surface area contributed by atoms with E-state index in [-0.39, 0.29) is 11.4 Å². The van der Waals surface area contributed by atoms with Crippen molar-refractivity contribution in [2.24, 2.45) is 7.05 Å². The largest absolute Gasteiger partial charge is 0.320 e. The molecule has 2 aromatic heterocycles. The minimum Gasteiger partial charge on any atom is -0.318 e. The molecule has 0 aliphatic rings. The van der Waals surface area contributed by atoms with E-state index in [0.717, 1.165) is 16.3 Å². The third-order valence-corrected chi connectivity index (χ3v) is 4.32. The van der Waals surface area contributed by atoms with E-state index in [1.807, 2.05) is 36.4 Å². The van der Waals surface area contributed by atoms with Gasteiger partial charge in [-0.3, -0.25) is 24.3 Å². The van der Waals surface area contributed by atoms with Gasteiger partial charge in [0.15, 0.2) is 0 Å². The highest BCUT2D eigenvalue weighted by Crippen LogP contribution is 2.21. The molecule has 140 valence electrons. The summed E-state index contributed by atoms with van der Waals surface area (Å²) in [5, 5.41) is 24.1. The minimum atomic E-state index is -0.656. The van der Waals surface area contributed by atoms with Gasteiger partial charge in [-0.25, -0.2) is 0 Å². The lowest BCUT2D eigenvalue weighted by atomic mass is 10.0. The fraction of sp³-hybridized carbons (Fsp3) is 0.105. The number of hydrogen-bond donors (Lipinski definition) is 1. The van der Waals surface area contributed by atoms with Crippen molar-refractivity contribution in [2.75, 3.05) is 5.32 Å². The number of amides is 1. The Kier molecular flexibility index (Phi) is 4.32. The number of benzene rings is 2. The van der Waals surface area contributed by atoms with Crippen LogP contribution in [-0.4, -0.2) is 30.4 Å². The van der Waals surface area contributed by atoms with Crippen LogP contribution < -0.4 is 5.32 Å². The number of fused-ring (bicyclic) bond motifs is 1. The second-order valence-electron chi connectivity index (χ2n) is 6.31. The first-order valence-electron chi connectivity index (χ1n) is 8.50. The SMILES string of the molecule is Cn1cc([N+](=O)[O-])c(C(=O)Nc2cnn(Cc3cccc4ccccc34)c2)n1. The summed E-state index contributed by atoms with van der Waals surface area (Å²) in [4.78, 5) is 22.8. The number of anilines is 1. The molecular weight excluding hydrogens is 360 g/mol. The molecule has 0 saturated heterocycles. The Morgan fingerprint density at radius 3 is 2.79 bits per heavy atom. The molecule has 1 amide bonds. The van der Waals surface area contributed by atoms with Crippen molar-refractivity contribution in [1.82, 2.24) is 19.6 Å². The Morgan fingerprint density at radius 2 is 1.96 bits per heavy atom. The molecule has 2 heterocycles. The van der Waals surface area contributed by atoms with E-state index in [4.69, 9.17) is 0 Å². The molecule has 9 heteroatoms. The zero-order chi connectivity index (χ0) is 19.7. The van der Waals surface area contributed by atoms with E-state index in [9.17, 15) is 14.9 Å². The lowest BCUT2D eigenvalue weighted by Crippen LogP contribution is -2.14. The topological polar surface area (TPSA) is 108 Å². The van der Waals surface area contributed by atoms with Gasteiger partial charge in [-0.05, 0) is 16.3 Å². The maximum Gasteiger partial charge on any atom is 0.320 e. The third-order valence-electron chi connectivity index (χ3n) is 4.32. The quantitative estimate of drug-likeness (QED) is 0.425. The number of aromatic nitrogens is 4. The van der Waals surface area contributed by atoms with Gasteiger partial charge in [0.2, 0.25) is 5.69 Å². The summed E-state index contributed by atoms with van der Waals surface area (Å²) in [5.41, 5.74) is 0.946. The van der Waals surface area contributed by atoms with E-state index in [1.54, 1.807) is 10.9 Å².